The number of rotatable bonds is 15. The van der Waals surface area contributed by atoms with Crippen LogP contribution in [0.15, 0.2) is 53.4 Å². The van der Waals surface area contributed by atoms with E-state index >= 15 is 0 Å². The van der Waals surface area contributed by atoms with Gasteiger partial charge in [-0.25, -0.2) is 13.2 Å². The van der Waals surface area contributed by atoms with Gasteiger partial charge in [-0.2, -0.15) is 9.57 Å². The van der Waals surface area contributed by atoms with Crippen molar-refractivity contribution in [2.24, 2.45) is 11.3 Å². The van der Waals surface area contributed by atoms with Crippen LogP contribution in [-0.2, 0) is 39.7 Å². The number of carbonyl (C=O) groups excluding carboxylic acids is 1. The third-order valence-electron chi connectivity index (χ3n) is 8.44. The van der Waals surface area contributed by atoms with Gasteiger partial charge < -0.3 is 47.9 Å². The summed E-state index contributed by atoms with van der Waals surface area (Å²) in [7, 11) is -10.2. The van der Waals surface area contributed by atoms with E-state index in [-0.39, 0.29) is 108 Å². The number of hydrogen-bond acceptors (Lipinski definition) is 13. The molecule has 0 spiro atoms. The first-order valence-corrected chi connectivity index (χ1v) is 18.4. The molecule has 0 bridgehead atoms. The van der Waals surface area contributed by atoms with Crippen molar-refractivity contribution in [1.82, 2.24) is 9.62 Å². The predicted octanol–water partition coefficient (Wildman–Crippen LogP) is -3.94. The number of benzene rings is 2. The van der Waals surface area contributed by atoms with Gasteiger partial charge in [-0.05, 0) is 42.4 Å². The van der Waals surface area contributed by atoms with Gasteiger partial charge in [0.2, 0.25) is 16.8 Å². The molecule has 3 aliphatic heterocycles. The van der Waals surface area contributed by atoms with Gasteiger partial charge >= 0.3 is 65.2 Å². The molecule has 3 heterocycles. The number of amides is 1. The molecule has 2 aromatic carbocycles. The summed E-state index contributed by atoms with van der Waals surface area (Å²) in [6.45, 7) is 3.12. The quantitative estimate of drug-likeness (QED) is 0.136. The number of carbonyl (C=O) groups is 1. The van der Waals surface area contributed by atoms with E-state index in [9.17, 15) is 32.8 Å². The van der Waals surface area contributed by atoms with Crippen LogP contribution >= 0.6 is 7.82 Å². The number of sulfonamides is 1. The van der Waals surface area contributed by atoms with E-state index in [1.54, 1.807) is 44.2 Å². The third kappa shape index (κ3) is 11.6. The fourth-order valence-electron chi connectivity index (χ4n) is 6.00. The van der Waals surface area contributed by atoms with E-state index in [1.165, 1.54) is 18.2 Å². The van der Waals surface area contributed by atoms with Crippen molar-refractivity contribution < 1.29 is 115 Å². The van der Waals surface area contributed by atoms with Gasteiger partial charge in [0.1, 0.15) is 6.10 Å². The summed E-state index contributed by atoms with van der Waals surface area (Å²) in [4.78, 5) is 37.5. The number of ether oxygens (including phenoxy) is 5. The second kappa shape index (κ2) is 18.7. The number of nitriles is 1. The molecule has 1 amide bonds. The Labute approximate surface area is 336 Å². The van der Waals surface area contributed by atoms with Gasteiger partial charge in [0.25, 0.3) is 0 Å². The molecule has 5 rings (SSSR count). The molecule has 1 N–H and O–H groups in total. The van der Waals surface area contributed by atoms with E-state index in [4.69, 9.17) is 28.2 Å². The number of alkyl carbamates (subject to hydrolysis) is 1. The fourth-order valence-corrected chi connectivity index (χ4v) is 8.20. The van der Waals surface area contributed by atoms with Crippen LogP contribution in [0.4, 0.5) is 4.79 Å². The second-order valence-corrected chi connectivity index (χ2v) is 15.7. The zero-order valence-electron chi connectivity index (χ0n) is 28.5. The SMILES string of the molecule is CC(C)(CCC#N)CN(CC(OP(=O)([O-])[O-])[C@H](Cc1ccccc1)NC(=O)OC1COC2OCCC12)S(=O)(=O)c1ccc2c(c1)OCO2.[Na+].[Na+]. The van der Waals surface area contributed by atoms with Crippen LogP contribution in [0, 0.1) is 22.7 Å². The van der Waals surface area contributed by atoms with Crippen molar-refractivity contribution in [1.29, 1.82) is 5.26 Å². The van der Waals surface area contributed by atoms with E-state index in [2.05, 4.69) is 11.4 Å². The monoisotopic (exact) mass is 753 g/mol. The molecule has 0 aromatic heterocycles. The average Bonchev–Trinajstić information content (AvgIpc) is 3.77. The molecule has 2 aromatic rings. The summed E-state index contributed by atoms with van der Waals surface area (Å²) in [5.74, 6) is 0.369. The van der Waals surface area contributed by atoms with Crippen LogP contribution in [-0.4, -0.2) is 76.5 Å². The summed E-state index contributed by atoms with van der Waals surface area (Å²) in [5.41, 5.74) is -0.151. The molecule has 2 fully saturated rings. The minimum atomic E-state index is -5.76. The molecule has 2 saturated heterocycles. The van der Waals surface area contributed by atoms with Gasteiger partial charge in [-0.1, -0.05) is 44.2 Å². The first kappa shape index (κ1) is 43.1. The third-order valence-corrected chi connectivity index (χ3v) is 10.8. The number of nitrogens with one attached hydrogen (secondary N) is 1. The molecule has 0 saturated carbocycles. The van der Waals surface area contributed by atoms with E-state index in [0.29, 0.717) is 30.8 Å². The fraction of sp³-hybridized carbons (Fsp3) is 0.548. The molecular formula is C31H38N3Na2O12PS. The van der Waals surface area contributed by atoms with E-state index in [0.717, 1.165) is 4.31 Å². The number of fused-ring (bicyclic) bond motifs is 2. The molecule has 4 unspecified atom stereocenters. The van der Waals surface area contributed by atoms with Crippen LogP contribution in [0.1, 0.15) is 38.7 Å². The Bertz CT molecular complexity index is 1640. The minimum absolute atomic E-state index is 0. The Kier molecular flexibility index (Phi) is 16.1. The molecule has 3 aliphatic rings. The maximum atomic E-state index is 14.3. The Morgan fingerprint density at radius 3 is 2.56 bits per heavy atom. The van der Waals surface area contributed by atoms with Gasteiger partial charge in [-0.15, -0.1) is 0 Å². The van der Waals surface area contributed by atoms with Crippen molar-refractivity contribution >= 4 is 23.9 Å². The molecule has 5 atom stereocenters. The topological polar surface area (TPSA) is 209 Å². The summed E-state index contributed by atoms with van der Waals surface area (Å²) < 4.78 is 74.2. The van der Waals surface area contributed by atoms with Crippen LogP contribution in [0.2, 0.25) is 0 Å². The zero-order valence-corrected chi connectivity index (χ0v) is 34.2. The normalized spacial score (nSPS) is 20.9. The molecule has 50 heavy (non-hydrogen) atoms. The first-order chi connectivity index (χ1) is 22.7. The second-order valence-electron chi connectivity index (χ2n) is 12.6. The van der Waals surface area contributed by atoms with Gasteiger partial charge in [0, 0.05) is 25.6 Å². The maximum absolute atomic E-state index is 14.3. The average molecular weight is 754 g/mol. The van der Waals surface area contributed by atoms with Crippen LogP contribution < -0.4 is 83.7 Å². The molecule has 262 valence electrons. The molecular weight excluding hydrogens is 715 g/mol. The first-order valence-electron chi connectivity index (χ1n) is 15.5. The van der Waals surface area contributed by atoms with E-state index in [1.807, 2.05) is 0 Å². The molecule has 0 aliphatic carbocycles. The van der Waals surface area contributed by atoms with Crippen LogP contribution in [0.25, 0.3) is 0 Å². The van der Waals surface area contributed by atoms with Gasteiger partial charge in [0.15, 0.2) is 17.8 Å². The van der Waals surface area contributed by atoms with Crippen LogP contribution in [0.5, 0.6) is 11.5 Å². The maximum Gasteiger partial charge on any atom is 1.00 e. The minimum Gasteiger partial charge on any atom is -0.790 e. The summed E-state index contributed by atoms with van der Waals surface area (Å²) in [6, 6.07) is 13.5. The standard InChI is InChI=1S/C31H40N3O12PS.2Na/c1-31(2,12-6-13-32)19-34(48(39,40)22-9-10-25-26(16-22)44-20-43-25)17-27(46-47(36,37)38)24(15-21-7-4-3-5-8-21)33-30(35)45-28-18-42-29-23(28)11-14-41-29;;/h3-5,7-10,16,23-24,27-29H,6,11-12,14-15,17-20H2,1-2H3,(H,33,35)(H2,36,37,38);;/q;2*+1/p-2/t23?,24-,27?,28?,29?;;/m0../s1. The Hall–Kier alpha value is -1.26. The summed E-state index contributed by atoms with van der Waals surface area (Å²) >= 11 is 0. The largest absolute Gasteiger partial charge is 1.00 e. The van der Waals surface area contributed by atoms with Crippen LogP contribution in [0.3, 0.4) is 0 Å². The van der Waals surface area contributed by atoms with Crippen molar-refractivity contribution in [3.05, 3.63) is 54.1 Å². The summed E-state index contributed by atoms with van der Waals surface area (Å²) in [5, 5.41) is 11.9. The van der Waals surface area contributed by atoms with Gasteiger partial charge in [0.05, 0.1) is 50.1 Å². The number of phosphoric acid groups is 1. The molecule has 0 radical (unpaired) electrons. The Morgan fingerprint density at radius 1 is 1.14 bits per heavy atom. The number of hydrogen-bond donors (Lipinski definition) is 1. The number of phosphoric ester groups is 1. The Morgan fingerprint density at radius 2 is 1.86 bits per heavy atom. The van der Waals surface area contributed by atoms with Crippen molar-refractivity contribution in [2.45, 2.75) is 69.0 Å². The smallest absolute Gasteiger partial charge is 0.790 e. The molecule has 15 nitrogen and oxygen atoms in total. The van der Waals surface area contributed by atoms with E-state index < -0.39 is 60.4 Å². The van der Waals surface area contributed by atoms with Gasteiger partial charge in [-0.3, -0.25) is 0 Å². The summed E-state index contributed by atoms with van der Waals surface area (Å²) in [6.07, 6.45) is -2.76. The Balaban J connectivity index is 0.00000338. The predicted molar refractivity (Wildman–Crippen MR) is 164 cm³/mol. The zero-order chi connectivity index (χ0) is 34.5. The molecule has 19 heteroatoms. The number of nitrogens with zero attached hydrogens (tertiary/aromatic N) is 2. The van der Waals surface area contributed by atoms with Crippen molar-refractivity contribution in [3.63, 3.8) is 0 Å². The van der Waals surface area contributed by atoms with Crippen molar-refractivity contribution in [3.8, 4) is 17.6 Å². The van der Waals surface area contributed by atoms with Crippen molar-refractivity contribution in [2.75, 3.05) is 33.1 Å².